The van der Waals surface area contributed by atoms with Gasteiger partial charge in [-0.2, -0.15) is 9.57 Å². The van der Waals surface area contributed by atoms with Gasteiger partial charge in [0.2, 0.25) is 10.0 Å². The molecule has 0 aromatic carbocycles. The van der Waals surface area contributed by atoms with Crippen LogP contribution in [0.1, 0.15) is 19.3 Å². The van der Waals surface area contributed by atoms with Gasteiger partial charge < -0.3 is 10.1 Å². The van der Waals surface area contributed by atoms with Crippen molar-refractivity contribution in [1.29, 1.82) is 5.26 Å². The van der Waals surface area contributed by atoms with Crippen LogP contribution >= 0.6 is 0 Å². The maximum absolute atomic E-state index is 12.4. The zero-order valence-corrected chi connectivity index (χ0v) is 11.3. The molecule has 106 valence electrons. The zero-order chi connectivity index (χ0) is 14.8. The van der Waals surface area contributed by atoms with Gasteiger partial charge in [-0.25, -0.2) is 8.42 Å². The van der Waals surface area contributed by atoms with Crippen molar-refractivity contribution in [3.63, 3.8) is 0 Å². The van der Waals surface area contributed by atoms with E-state index in [9.17, 15) is 18.5 Å². The maximum Gasteiger partial charge on any atom is 0.363 e. The van der Waals surface area contributed by atoms with Crippen molar-refractivity contribution >= 4 is 15.8 Å². The van der Waals surface area contributed by atoms with Crippen molar-refractivity contribution in [3.05, 3.63) is 28.4 Å². The van der Waals surface area contributed by atoms with E-state index in [2.05, 4.69) is 4.98 Å². The third kappa shape index (κ3) is 2.61. The molecule has 20 heavy (non-hydrogen) atoms. The lowest BCUT2D eigenvalue weighted by atomic mass is 10.1. The second kappa shape index (κ2) is 5.52. The van der Waals surface area contributed by atoms with Crippen LogP contribution in [-0.4, -0.2) is 35.2 Å². The summed E-state index contributed by atoms with van der Waals surface area (Å²) in [5.74, 6) is -0.417. The zero-order valence-electron chi connectivity index (χ0n) is 10.5. The van der Waals surface area contributed by atoms with Gasteiger partial charge in [0.25, 0.3) is 0 Å². The van der Waals surface area contributed by atoms with Gasteiger partial charge in [-0.1, -0.05) is 0 Å². The third-order valence-electron chi connectivity index (χ3n) is 3.12. The Bertz CT molecular complexity index is 650. The molecule has 9 heteroatoms. The molecule has 1 saturated heterocycles. The summed E-state index contributed by atoms with van der Waals surface area (Å²) in [5, 5.41) is 19.5. The summed E-state index contributed by atoms with van der Waals surface area (Å²) in [6.45, 7) is 0.275. The Hall–Kier alpha value is -2.05. The van der Waals surface area contributed by atoms with E-state index in [0.29, 0.717) is 12.8 Å². The van der Waals surface area contributed by atoms with Gasteiger partial charge in [-0.3, -0.25) is 0 Å². The van der Waals surface area contributed by atoms with E-state index in [1.165, 1.54) is 0 Å². The van der Waals surface area contributed by atoms with Crippen LogP contribution in [-0.2, 0) is 10.0 Å². The maximum atomic E-state index is 12.4. The lowest BCUT2D eigenvalue weighted by molar-refractivity contribution is -0.389. The molecule has 1 unspecified atom stereocenters. The number of sulfonamides is 1. The second-order valence-corrected chi connectivity index (χ2v) is 6.26. The summed E-state index contributed by atoms with van der Waals surface area (Å²) in [6, 6.07) is 3.47. The fourth-order valence-electron chi connectivity index (χ4n) is 2.09. The summed E-state index contributed by atoms with van der Waals surface area (Å²) >= 11 is 0. The Morgan fingerprint density at radius 2 is 2.20 bits per heavy atom. The Morgan fingerprint density at radius 1 is 1.45 bits per heavy atom. The Labute approximate surface area is 115 Å². The molecule has 1 aliphatic rings. The third-order valence-corrected chi connectivity index (χ3v) is 5.01. The molecule has 0 N–H and O–H groups in total. The highest BCUT2D eigenvalue weighted by atomic mass is 32.2. The average molecular weight is 296 g/mol. The Kier molecular flexibility index (Phi) is 3.96. The molecule has 0 radical (unpaired) electrons. The first-order valence-electron chi connectivity index (χ1n) is 5.98. The van der Waals surface area contributed by atoms with Gasteiger partial charge in [0, 0.05) is 12.6 Å². The van der Waals surface area contributed by atoms with Crippen molar-refractivity contribution in [2.24, 2.45) is 0 Å². The fourth-order valence-corrected chi connectivity index (χ4v) is 3.64. The van der Waals surface area contributed by atoms with E-state index < -0.39 is 26.8 Å². The number of pyridine rings is 1. The van der Waals surface area contributed by atoms with Crippen LogP contribution in [0.3, 0.4) is 0 Å². The molecule has 2 heterocycles. The summed E-state index contributed by atoms with van der Waals surface area (Å²) in [5.41, 5.74) is 0. The minimum Gasteiger partial charge on any atom is -0.358 e. The highest BCUT2D eigenvalue weighted by molar-refractivity contribution is 7.89. The summed E-state index contributed by atoms with van der Waals surface area (Å²) < 4.78 is 25.9. The predicted molar refractivity (Wildman–Crippen MR) is 68.0 cm³/mol. The summed E-state index contributed by atoms with van der Waals surface area (Å²) in [4.78, 5) is 13.2. The van der Waals surface area contributed by atoms with Crippen LogP contribution < -0.4 is 0 Å². The molecule has 8 nitrogen and oxygen atoms in total. The van der Waals surface area contributed by atoms with Gasteiger partial charge in [-0.15, -0.1) is 0 Å². The molecule has 1 fully saturated rings. The van der Waals surface area contributed by atoms with Gasteiger partial charge >= 0.3 is 5.82 Å². The highest BCUT2D eigenvalue weighted by Crippen LogP contribution is 2.25. The predicted octanol–water partition coefficient (Wildman–Crippen LogP) is 1.06. The Morgan fingerprint density at radius 3 is 2.75 bits per heavy atom. The molecule has 0 saturated carbocycles. The number of rotatable bonds is 3. The van der Waals surface area contributed by atoms with Gasteiger partial charge in [0.05, 0.1) is 6.07 Å². The summed E-state index contributed by atoms with van der Waals surface area (Å²) in [6.07, 6.45) is 2.95. The molecule has 1 aliphatic heterocycles. The second-order valence-electron chi connectivity index (χ2n) is 4.37. The van der Waals surface area contributed by atoms with Crippen LogP contribution in [0.2, 0.25) is 0 Å². The molecule has 0 aliphatic carbocycles. The van der Waals surface area contributed by atoms with Gasteiger partial charge in [0.15, 0.2) is 6.20 Å². The molecule has 1 aromatic heterocycles. The van der Waals surface area contributed by atoms with E-state index in [4.69, 9.17) is 5.26 Å². The minimum absolute atomic E-state index is 0.134. The topological polar surface area (TPSA) is 117 Å². The first-order valence-corrected chi connectivity index (χ1v) is 7.42. The molecule has 1 atom stereocenters. The van der Waals surface area contributed by atoms with Gasteiger partial charge in [0.1, 0.15) is 10.9 Å². The number of aromatic nitrogens is 1. The number of hydrogen-bond acceptors (Lipinski definition) is 6. The molecular formula is C11H12N4O4S. The Balaban J connectivity index is 2.34. The SMILES string of the molecule is N#CC1CCCCN1S(=O)(=O)c1ccc([N+](=O)[O-])nc1. The van der Waals surface area contributed by atoms with E-state index >= 15 is 0 Å². The summed E-state index contributed by atoms with van der Waals surface area (Å²) in [7, 11) is -3.84. The average Bonchev–Trinajstić information content (AvgIpc) is 2.47. The first kappa shape index (κ1) is 14.4. The molecule has 0 bridgehead atoms. The molecular weight excluding hydrogens is 284 g/mol. The normalized spacial score (nSPS) is 20.2. The lowest BCUT2D eigenvalue weighted by Crippen LogP contribution is -2.42. The van der Waals surface area contributed by atoms with Crippen molar-refractivity contribution < 1.29 is 13.3 Å². The number of hydrogen-bond donors (Lipinski definition) is 0. The van der Waals surface area contributed by atoms with Crippen LogP contribution in [0.15, 0.2) is 23.2 Å². The van der Waals surface area contributed by atoms with Crippen molar-refractivity contribution in [1.82, 2.24) is 9.29 Å². The molecule has 2 rings (SSSR count). The standard InChI is InChI=1S/C11H12N4O4S/c12-7-9-3-1-2-6-14(9)20(18,19)10-4-5-11(13-8-10)15(16)17/h4-5,8-9H,1-3,6H2. The minimum atomic E-state index is -3.84. The quantitative estimate of drug-likeness (QED) is 0.608. The molecule has 0 spiro atoms. The van der Waals surface area contributed by atoms with E-state index in [1.54, 1.807) is 0 Å². The van der Waals surface area contributed by atoms with Gasteiger partial charge in [-0.05, 0) is 35.2 Å². The molecule has 1 aromatic rings. The number of nitro groups is 1. The van der Waals surface area contributed by atoms with E-state index in [-0.39, 0.29) is 11.4 Å². The molecule has 0 amide bonds. The number of nitriles is 1. The lowest BCUT2D eigenvalue weighted by Gasteiger charge is -2.29. The first-order chi connectivity index (χ1) is 9.46. The van der Waals surface area contributed by atoms with Crippen molar-refractivity contribution in [2.45, 2.75) is 30.2 Å². The smallest absolute Gasteiger partial charge is 0.358 e. The monoisotopic (exact) mass is 296 g/mol. The van der Waals surface area contributed by atoms with E-state index in [0.717, 1.165) is 29.1 Å². The van der Waals surface area contributed by atoms with E-state index in [1.807, 2.05) is 6.07 Å². The fraction of sp³-hybridized carbons (Fsp3) is 0.455. The van der Waals surface area contributed by atoms with Crippen LogP contribution in [0.5, 0.6) is 0 Å². The van der Waals surface area contributed by atoms with Crippen LogP contribution in [0.4, 0.5) is 5.82 Å². The van der Waals surface area contributed by atoms with Crippen LogP contribution in [0, 0.1) is 21.4 Å². The number of piperidine rings is 1. The largest absolute Gasteiger partial charge is 0.363 e. The van der Waals surface area contributed by atoms with Crippen LogP contribution in [0.25, 0.3) is 0 Å². The van der Waals surface area contributed by atoms with Crippen molar-refractivity contribution in [3.8, 4) is 6.07 Å². The highest BCUT2D eigenvalue weighted by Gasteiger charge is 2.34. The van der Waals surface area contributed by atoms with Crippen molar-refractivity contribution in [2.75, 3.05) is 6.54 Å². The number of nitrogens with zero attached hydrogens (tertiary/aromatic N) is 4.